The molecule has 0 N–H and O–H groups in total. The van der Waals surface area contributed by atoms with E-state index in [-0.39, 0.29) is 0 Å². The molecular weight excluding hydrogens is 667 g/mol. The van der Waals surface area contributed by atoms with Crippen molar-refractivity contribution in [1.82, 2.24) is 13.7 Å². The van der Waals surface area contributed by atoms with E-state index in [1.807, 2.05) is 0 Å². The van der Waals surface area contributed by atoms with Gasteiger partial charge >= 0.3 is 22.9 Å². The summed E-state index contributed by atoms with van der Waals surface area (Å²) < 4.78 is 17.8. The highest BCUT2D eigenvalue weighted by atomic mass is 28.3. The minimum absolute atomic E-state index is 0.352. The quantitative estimate of drug-likeness (QED) is 0.102. The minimum Gasteiger partial charge on any atom is -0.412 e. The minimum atomic E-state index is -2.84. The van der Waals surface area contributed by atoms with Crippen molar-refractivity contribution in [2.45, 2.75) is 0 Å². The lowest BCUT2D eigenvalue weighted by molar-refractivity contribution is -1.02. The molecule has 0 aliphatic carbocycles. The Morgan fingerprint density at radius 1 is 0.509 bits per heavy atom. The molecule has 0 amide bonds. The molecule has 11 aromatic rings. The Bertz CT molecular complexity index is 3640. The van der Waals surface area contributed by atoms with Gasteiger partial charge < -0.3 is 4.74 Å². The topological polar surface area (TPSA) is 26.3 Å². The van der Waals surface area contributed by atoms with Gasteiger partial charge in [0.25, 0.3) is 5.69 Å². The average molecular weight is 691 g/mol. The molecule has 0 saturated heterocycles. The Morgan fingerprint density at radius 3 is 2.00 bits per heavy atom. The van der Waals surface area contributed by atoms with Crippen LogP contribution in [0.1, 0.15) is 0 Å². The monoisotopic (exact) mass is 690 g/mol. The van der Waals surface area contributed by atoms with E-state index in [0.717, 1.165) is 11.6 Å². The lowest BCUT2D eigenvalue weighted by Crippen LogP contribution is -2.87. The van der Waals surface area contributed by atoms with Gasteiger partial charge in [-0.05, 0) is 74.7 Å². The molecule has 2 spiro atoms. The van der Waals surface area contributed by atoms with Gasteiger partial charge in [-0.15, -0.1) is 0 Å². The predicted octanol–water partition coefficient (Wildman–Crippen LogP) is 6.48. The van der Waals surface area contributed by atoms with Crippen LogP contribution >= 0.6 is 0 Å². The Labute approximate surface area is 301 Å². The summed E-state index contributed by atoms with van der Waals surface area (Å²) in [4.78, 5) is 0. The summed E-state index contributed by atoms with van der Waals surface area (Å²) in [7, 11) is -2.84. The number of quaternary nitrogens is 1. The van der Waals surface area contributed by atoms with Gasteiger partial charge in [0.2, 0.25) is 17.0 Å². The third kappa shape index (κ3) is 2.17. The fraction of sp³-hybridized carbons (Fsp3) is 0. The number of hydrogen-bond donors (Lipinski definition) is 0. The van der Waals surface area contributed by atoms with Gasteiger partial charge in [0.15, 0.2) is 14.3 Å². The van der Waals surface area contributed by atoms with Crippen LogP contribution in [0.25, 0.3) is 77.0 Å². The second-order valence-corrected chi connectivity index (χ2v) is 19.1. The van der Waals surface area contributed by atoms with Crippen LogP contribution in [0.3, 0.4) is 0 Å². The Balaban J connectivity index is 1.24. The maximum absolute atomic E-state index is 7.20. The van der Waals surface area contributed by atoms with E-state index in [1.165, 1.54) is 109 Å². The highest BCUT2D eigenvalue weighted by Gasteiger charge is 2.69. The molecule has 16 rings (SSSR count). The Kier molecular flexibility index (Phi) is 3.59. The van der Waals surface area contributed by atoms with Crippen molar-refractivity contribution < 1.29 is 14.1 Å². The smallest absolute Gasteiger partial charge is 0.355 e. The van der Waals surface area contributed by atoms with Crippen molar-refractivity contribution in [3.05, 3.63) is 146 Å². The first-order chi connectivity index (χ1) is 26.3. The number of para-hydroxylation sites is 3. The molecule has 5 aliphatic heterocycles. The van der Waals surface area contributed by atoms with E-state index < -0.39 is 8.07 Å². The number of nitrogens with zero attached hydrogens (tertiary/aromatic N) is 5. The zero-order valence-electron chi connectivity index (χ0n) is 28.0. The highest BCUT2D eigenvalue weighted by Crippen LogP contribution is 2.56. The van der Waals surface area contributed by atoms with E-state index in [2.05, 4.69) is 164 Å². The Hall–Kier alpha value is -6.80. The standard InChI is InChI=1S/C46H24N5OSi/c1-3-17-35-25(9-1)26-10-2-4-18-36(26)53(35)37-19-7-14-30-31-15-8-24-47-45(31)49(42(30)37)43-38(53)22-21-34-44(43)51(47)33-16-6-13-28-27-11-5-12-29-32-20-23-39(52-34)50(51)46(32)48(40(27)29)41(28)33/h1-24H/q+3. The number of fused-ring (bicyclic) bond motifs is 10. The zero-order chi connectivity index (χ0) is 33.7. The summed E-state index contributed by atoms with van der Waals surface area (Å²) in [5.74, 6) is 1.74. The van der Waals surface area contributed by atoms with Gasteiger partial charge in [0.1, 0.15) is 11.0 Å². The van der Waals surface area contributed by atoms with Crippen molar-refractivity contribution in [3.63, 3.8) is 0 Å². The fourth-order valence-corrected chi connectivity index (χ4v) is 17.6. The molecule has 0 saturated carbocycles. The van der Waals surface area contributed by atoms with Crippen LogP contribution in [0.5, 0.6) is 11.6 Å². The first-order valence-corrected chi connectivity index (χ1v) is 20.4. The van der Waals surface area contributed by atoms with E-state index in [9.17, 15) is 0 Å². The highest BCUT2D eigenvalue weighted by molar-refractivity contribution is 7.23. The number of benzene rings is 6. The lowest BCUT2D eigenvalue weighted by atomic mass is 10.1. The second kappa shape index (κ2) is 7.54. The van der Waals surface area contributed by atoms with Crippen molar-refractivity contribution in [3.8, 4) is 28.4 Å². The number of rotatable bonds is 0. The summed E-state index contributed by atoms with van der Waals surface area (Å²) in [6.45, 7) is 0. The van der Waals surface area contributed by atoms with Crippen molar-refractivity contribution >= 4 is 100 Å². The van der Waals surface area contributed by atoms with Crippen LogP contribution in [0.15, 0.2) is 146 Å². The molecule has 0 radical (unpaired) electrons. The first kappa shape index (κ1) is 25.2. The third-order valence-corrected chi connectivity index (χ3v) is 18.5. The molecule has 0 bridgehead atoms. The number of ether oxygens (including phenoxy) is 1. The van der Waals surface area contributed by atoms with Crippen LogP contribution in [0.2, 0.25) is 0 Å². The van der Waals surface area contributed by atoms with Crippen LogP contribution in [0.4, 0.5) is 11.4 Å². The van der Waals surface area contributed by atoms with Gasteiger partial charge in [0, 0.05) is 48.7 Å². The van der Waals surface area contributed by atoms with Gasteiger partial charge in [-0.2, -0.15) is 8.97 Å². The molecule has 6 nitrogen and oxygen atoms in total. The van der Waals surface area contributed by atoms with Crippen molar-refractivity contribution in [2.75, 3.05) is 0 Å². The SMILES string of the molecule is c1ccc2c(c1)-c1ccccc1[Si]21c2ccc3c4c2-n2c5c1cccc5c1ccc[n+](c12)[N+]41c2cccc4c5cccc6c7ccc([n+]1c7n(c24)c56)O3. The first-order valence-electron chi connectivity index (χ1n) is 18.4. The summed E-state index contributed by atoms with van der Waals surface area (Å²) >= 11 is 0. The molecule has 7 heteroatoms. The second-order valence-electron chi connectivity index (χ2n) is 15.4. The van der Waals surface area contributed by atoms with Gasteiger partial charge in [-0.25, -0.2) is 0 Å². The van der Waals surface area contributed by atoms with Crippen LogP contribution in [-0.4, -0.2) is 17.0 Å². The van der Waals surface area contributed by atoms with Crippen molar-refractivity contribution in [1.29, 1.82) is 0 Å². The molecule has 1 atom stereocenters. The average Bonchev–Trinajstić information content (AvgIpc) is 3.93. The normalized spacial score (nSPS) is 18.2. The maximum Gasteiger partial charge on any atom is 0.355 e. The van der Waals surface area contributed by atoms with Gasteiger partial charge in [-0.3, -0.25) is 0 Å². The summed E-state index contributed by atoms with van der Waals surface area (Å²) in [5.41, 5.74) is 12.7. The zero-order valence-corrected chi connectivity index (χ0v) is 29.0. The van der Waals surface area contributed by atoms with Gasteiger partial charge in [0.05, 0.1) is 15.5 Å². The van der Waals surface area contributed by atoms with Crippen LogP contribution in [-0.2, 0) is 0 Å². The summed E-state index contributed by atoms with van der Waals surface area (Å²) in [5, 5.41) is 13.5. The fourth-order valence-electron chi connectivity index (χ4n) is 12.1. The number of hydrogen-bond acceptors (Lipinski definition) is 1. The van der Waals surface area contributed by atoms with E-state index in [1.54, 1.807) is 0 Å². The molecule has 5 aromatic heterocycles. The molecule has 0 fully saturated rings. The molecule has 240 valence electrons. The maximum atomic E-state index is 7.20. The van der Waals surface area contributed by atoms with E-state index >= 15 is 0 Å². The molecule has 53 heavy (non-hydrogen) atoms. The predicted molar refractivity (Wildman–Crippen MR) is 211 cm³/mol. The third-order valence-electron chi connectivity index (χ3n) is 13.6. The molecule has 1 unspecified atom stereocenters. The van der Waals surface area contributed by atoms with Crippen LogP contribution < -0.4 is 39.5 Å². The van der Waals surface area contributed by atoms with Crippen molar-refractivity contribution in [2.24, 2.45) is 0 Å². The largest absolute Gasteiger partial charge is 0.412 e. The van der Waals surface area contributed by atoms with E-state index in [0.29, 0.717) is 4.70 Å². The molecule has 6 aromatic carbocycles. The Morgan fingerprint density at radius 2 is 1.17 bits per heavy atom. The van der Waals surface area contributed by atoms with Gasteiger partial charge in [-0.1, -0.05) is 78.9 Å². The number of pyridine rings is 2. The molecular formula is C46H24N5OSi+3. The van der Waals surface area contributed by atoms with Crippen LogP contribution in [0, 0.1) is 0 Å². The lowest BCUT2D eigenvalue weighted by Gasteiger charge is -2.41. The summed E-state index contributed by atoms with van der Waals surface area (Å²) in [6, 6.07) is 53.2. The molecule has 5 aliphatic rings. The summed E-state index contributed by atoms with van der Waals surface area (Å²) in [6.07, 6.45) is 2.31. The van der Waals surface area contributed by atoms with E-state index in [4.69, 9.17) is 4.74 Å². The number of aromatic nitrogens is 4. The molecule has 10 heterocycles.